The van der Waals surface area contributed by atoms with E-state index in [1.165, 1.54) is 6.07 Å². The number of rotatable bonds is 6. The van der Waals surface area contributed by atoms with Gasteiger partial charge in [-0.1, -0.05) is 6.07 Å². The molecule has 0 radical (unpaired) electrons. The minimum atomic E-state index is -1.02. The van der Waals surface area contributed by atoms with Crippen molar-refractivity contribution in [2.75, 3.05) is 5.06 Å². The molecule has 0 spiro atoms. The third kappa shape index (κ3) is 4.24. The number of carbonyl (C=O) groups is 2. The molecule has 3 rings (SSSR count). The van der Waals surface area contributed by atoms with Crippen LogP contribution in [-0.4, -0.2) is 28.6 Å². The van der Waals surface area contributed by atoms with Gasteiger partial charge in [-0.15, -0.1) is 17.7 Å². The summed E-state index contributed by atoms with van der Waals surface area (Å²) in [6.45, 7) is 3.55. The summed E-state index contributed by atoms with van der Waals surface area (Å²) in [7, 11) is 0. The highest BCUT2D eigenvalue weighted by molar-refractivity contribution is 7.80. The maximum Gasteiger partial charge on any atom is 0.332 e. The van der Waals surface area contributed by atoms with Crippen LogP contribution in [0.3, 0.4) is 0 Å². The quantitative estimate of drug-likeness (QED) is 0.399. The zero-order valence-corrected chi connectivity index (χ0v) is 15.8. The molecule has 1 heterocycles. The minimum absolute atomic E-state index is 0.205. The Labute approximate surface area is 162 Å². The van der Waals surface area contributed by atoms with Gasteiger partial charge in [-0.25, -0.2) is 0 Å². The normalized spacial score (nSPS) is 14.9. The highest BCUT2D eigenvalue weighted by atomic mass is 32.1. The molecule has 0 aliphatic carbocycles. The number of carbonyl (C=O) groups excluding carboxylic acids is 2. The van der Waals surface area contributed by atoms with Gasteiger partial charge in [0.15, 0.2) is 5.75 Å². The summed E-state index contributed by atoms with van der Waals surface area (Å²) < 4.78 is 5.87. The first kappa shape index (κ1) is 19.2. The Morgan fingerprint density at radius 3 is 2.59 bits per heavy atom. The first-order chi connectivity index (χ1) is 12.7. The molecule has 0 bridgehead atoms. The number of hydrogen-bond donors (Lipinski definition) is 3. The Balaban J connectivity index is 1.90. The number of thiol groups is 1. The first-order valence-electron chi connectivity index (χ1n) is 8.29. The van der Waals surface area contributed by atoms with Crippen molar-refractivity contribution >= 4 is 30.0 Å². The third-order valence-corrected chi connectivity index (χ3v) is 4.20. The van der Waals surface area contributed by atoms with Crippen molar-refractivity contribution in [3.05, 3.63) is 48.0 Å². The van der Waals surface area contributed by atoms with Gasteiger partial charge in [0.05, 0.1) is 11.3 Å². The van der Waals surface area contributed by atoms with Crippen molar-refractivity contribution < 1.29 is 24.3 Å². The second-order valence-electron chi connectivity index (χ2n) is 6.83. The summed E-state index contributed by atoms with van der Waals surface area (Å²) in [6.07, 6.45) is -0.817. The fourth-order valence-electron chi connectivity index (χ4n) is 2.85. The molecule has 27 heavy (non-hydrogen) atoms. The molecule has 7 nitrogen and oxygen atoms in total. The maximum atomic E-state index is 12.3. The summed E-state index contributed by atoms with van der Waals surface area (Å²) >= 11 is 4.24. The predicted octanol–water partition coefficient (Wildman–Crippen LogP) is 2.32. The van der Waals surface area contributed by atoms with Gasteiger partial charge in [-0.2, -0.15) is 0 Å². The van der Waals surface area contributed by atoms with E-state index in [1.54, 1.807) is 50.2 Å². The monoisotopic (exact) mass is 388 g/mol. The van der Waals surface area contributed by atoms with Gasteiger partial charge in [0.1, 0.15) is 17.6 Å². The van der Waals surface area contributed by atoms with Gasteiger partial charge in [-0.05, 0) is 44.2 Å². The third-order valence-electron chi connectivity index (χ3n) is 3.92. The summed E-state index contributed by atoms with van der Waals surface area (Å²) in [5.41, 5.74) is 5.20. The Morgan fingerprint density at radius 1 is 1.19 bits per heavy atom. The summed E-state index contributed by atoms with van der Waals surface area (Å²) in [5, 5.41) is 10.3. The number of nitrogens with two attached hydrogens (primary N) is 1. The lowest BCUT2D eigenvalue weighted by Crippen LogP contribution is -2.36. The number of amides is 1. The maximum absolute atomic E-state index is 12.3. The molecule has 1 amide bonds. The van der Waals surface area contributed by atoms with Crippen LogP contribution in [0.1, 0.15) is 30.6 Å². The van der Waals surface area contributed by atoms with E-state index < -0.39 is 23.5 Å². The Hall–Kier alpha value is -2.55. The lowest BCUT2D eigenvalue weighted by Gasteiger charge is -2.28. The number of hydroxylamine groups is 1. The molecule has 2 aromatic carbocycles. The van der Waals surface area contributed by atoms with Gasteiger partial charge < -0.3 is 20.4 Å². The highest BCUT2D eigenvalue weighted by Crippen LogP contribution is 2.35. The van der Waals surface area contributed by atoms with E-state index in [2.05, 4.69) is 12.6 Å². The number of ketones is 1. The molecule has 2 aromatic rings. The molecule has 0 saturated heterocycles. The first-order valence-corrected chi connectivity index (χ1v) is 8.73. The van der Waals surface area contributed by atoms with Crippen LogP contribution in [0.15, 0.2) is 47.4 Å². The molecular weight excluding hydrogens is 368 g/mol. The van der Waals surface area contributed by atoms with Crippen molar-refractivity contribution in [3.63, 3.8) is 0 Å². The summed E-state index contributed by atoms with van der Waals surface area (Å²) in [5.74, 6) is -0.661. The number of anilines is 1. The molecule has 1 atom stereocenters. The molecular formula is C19H20N2O5S. The minimum Gasteiger partial charge on any atom is -0.488 e. The van der Waals surface area contributed by atoms with Crippen molar-refractivity contribution in [3.8, 4) is 11.5 Å². The zero-order chi connectivity index (χ0) is 19.8. The summed E-state index contributed by atoms with van der Waals surface area (Å²) in [6, 6.07) is 11.4. The Morgan fingerprint density at radius 2 is 1.93 bits per heavy atom. The van der Waals surface area contributed by atoms with E-state index in [9.17, 15) is 14.7 Å². The van der Waals surface area contributed by atoms with Crippen LogP contribution in [0.25, 0.3) is 0 Å². The lowest BCUT2D eigenvalue weighted by atomic mass is 10.0. The zero-order valence-electron chi connectivity index (χ0n) is 14.9. The molecule has 0 aromatic heterocycles. The van der Waals surface area contributed by atoms with Crippen LogP contribution in [-0.2, 0) is 4.79 Å². The van der Waals surface area contributed by atoms with Crippen LogP contribution in [0, 0.1) is 0 Å². The van der Waals surface area contributed by atoms with E-state index in [0.717, 1.165) is 5.06 Å². The number of ether oxygens (including phenoxy) is 1. The molecule has 0 fully saturated rings. The molecule has 142 valence electrons. The number of Topliss-reactive ketones (excluding diaryl/α,β-unsaturated/α-hetero) is 1. The fraction of sp³-hybridized carbons (Fsp3) is 0.263. The molecule has 3 N–H and O–H groups in total. The van der Waals surface area contributed by atoms with Crippen LogP contribution >= 0.6 is 12.6 Å². The van der Waals surface area contributed by atoms with E-state index in [4.69, 9.17) is 15.3 Å². The smallest absolute Gasteiger partial charge is 0.332 e. The fourth-order valence-corrected chi connectivity index (χ4v) is 3.07. The standard InChI is InChI=1S/C19H20N2O5S/c1-19(2,10-16(20)22)25-11-6-7-14-15(9-11)21(18(24)17(14)23)26-12-4-3-5-13(27)8-12/h3-9,16,22,27H,10,20H2,1-2H3. The predicted molar refractivity (Wildman–Crippen MR) is 102 cm³/mol. The average molecular weight is 388 g/mol. The Bertz CT molecular complexity index is 897. The number of nitrogens with zero attached hydrogens (tertiary/aromatic N) is 1. The number of aliphatic hydroxyl groups excluding tert-OH is 1. The van der Waals surface area contributed by atoms with Crippen molar-refractivity contribution in [1.82, 2.24) is 0 Å². The van der Waals surface area contributed by atoms with Gasteiger partial charge in [0.25, 0.3) is 5.78 Å². The topological polar surface area (TPSA) is 102 Å². The molecule has 1 unspecified atom stereocenters. The van der Waals surface area contributed by atoms with Crippen molar-refractivity contribution in [2.24, 2.45) is 5.73 Å². The van der Waals surface area contributed by atoms with Gasteiger partial charge in [-0.3, -0.25) is 9.59 Å². The van der Waals surface area contributed by atoms with E-state index in [-0.39, 0.29) is 17.7 Å². The van der Waals surface area contributed by atoms with E-state index in [0.29, 0.717) is 16.4 Å². The van der Waals surface area contributed by atoms with Gasteiger partial charge in [0.2, 0.25) is 0 Å². The summed E-state index contributed by atoms with van der Waals surface area (Å²) in [4.78, 5) is 30.8. The molecule has 0 saturated carbocycles. The molecule has 1 aliphatic rings. The average Bonchev–Trinajstić information content (AvgIpc) is 2.78. The van der Waals surface area contributed by atoms with Crippen LogP contribution < -0.4 is 20.4 Å². The second-order valence-corrected chi connectivity index (χ2v) is 7.35. The van der Waals surface area contributed by atoms with Gasteiger partial charge in [0, 0.05) is 17.4 Å². The van der Waals surface area contributed by atoms with E-state index >= 15 is 0 Å². The number of fused-ring (bicyclic) bond motifs is 1. The van der Waals surface area contributed by atoms with E-state index in [1.807, 2.05) is 0 Å². The largest absolute Gasteiger partial charge is 0.488 e. The highest BCUT2D eigenvalue weighted by Gasteiger charge is 2.38. The number of hydrogen-bond acceptors (Lipinski definition) is 7. The van der Waals surface area contributed by atoms with Crippen LogP contribution in [0.2, 0.25) is 0 Å². The van der Waals surface area contributed by atoms with Gasteiger partial charge >= 0.3 is 5.91 Å². The SMILES string of the molecule is CC(C)(CC(N)O)Oc1ccc2c(c1)N(Oc1cccc(S)c1)C(=O)C2=O. The van der Waals surface area contributed by atoms with Crippen LogP contribution in [0.5, 0.6) is 11.5 Å². The van der Waals surface area contributed by atoms with Crippen molar-refractivity contribution in [1.29, 1.82) is 0 Å². The Kier molecular flexibility index (Phi) is 5.14. The lowest BCUT2D eigenvalue weighted by molar-refractivity contribution is -0.118. The molecule has 1 aliphatic heterocycles. The number of benzene rings is 2. The van der Waals surface area contributed by atoms with Crippen molar-refractivity contribution in [2.45, 2.75) is 37.0 Å². The second kappa shape index (κ2) is 7.22. The number of aliphatic hydroxyl groups is 1. The molecule has 8 heteroatoms. The van der Waals surface area contributed by atoms with Crippen LogP contribution in [0.4, 0.5) is 5.69 Å².